The predicted octanol–water partition coefficient (Wildman–Crippen LogP) is 3.98. The van der Waals surface area contributed by atoms with Crippen LogP contribution in [-0.2, 0) is 9.53 Å². The van der Waals surface area contributed by atoms with E-state index < -0.39 is 16.8 Å². The molecule has 0 saturated carbocycles. The molecule has 0 unspecified atom stereocenters. The summed E-state index contributed by atoms with van der Waals surface area (Å²) < 4.78 is 10.6. The van der Waals surface area contributed by atoms with Crippen LogP contribution in [-0.4, -0.2) is 36.6 Å². The smallest absolute Gasteiger partial charge is 0.340 e. The Morgan fingerprint density at radius 1 is 1.10 bits per heavy atom. The van der Waals surface area contributed by atoms with Crippen LogP contribution in [0, 0.1) is 10.1 Å². The molecule has 2 aromatic carbocycles. The van der Waals surface area contributed by atoms with Gasteiger partial charge < -0.3 is 14.4 Å². The number of carbonyl (C=O) groups excluding carboxylic acids is 2. The van der Waals surface area contributed by atoms with E-state index in [2.05, 4.69) is 0 Å². The van der Waals surface area contributed by atoms with Crippen molar-refractivity contribution in [3.05, 3.63) is 64.2 Å². The number of nitro benzene ring substituents is 1. The topological polar surface area (TPSA) is 99.0 Å². The second kappa shape index (κ2) is 10.8. The summed E-state index contributed by atoms with van der Waals surface area (Å²) in [5, 5.41) is 11.2. The van der Waals surface area contributed by atoms with Crippen LogP contribution < -0.4 is 9.64 Å². The molecule has 0 spiro atoms. The Bertz CT molecular complexity index is 854. The normalized spacial score (nSPS) is 10.3. The molecule has 0 aliphatic rings. The molecule has 8 heteroatoms. The first-order chi connectivity index (χ1) is 14.0. The van der Waals surface area contributed by atoms with Gasteiger partial charge in [-0.1, -0.05) is 31.5 Å². The number of anilines is 1. The van der Waals surface area contributed by atoms with E-state index >= 15 is 0 Å². The van der Waals surface area contributed by atoms with E-state index in [0.717, 1.165) is 6.42 Å². The number of non-ortho nitro benzene ring substituents is 1. The van der Waals surface area contributed by atoms with Crippen molar-refractivity contribution in [2.45, 2.75) is 26.7 Å². The van der Waals surface area contributed by atoms with E-state index in [9.17, 15) is 19.7 Å². The number of unbranched alkanes of at least 4 members (excludes halogenated alkanes) is 1. The van der Waals surface area contributed by atoms with E-state index in [4.69, 9.17) is 9.47 Å². The Morgan fingerprint density at radius 3 is 2.45 bits per heavy atom. The van der Waals surface area contributed by atoms with Crippen LogP contribution in [0.1, 0.15) is 37.0 Å². The van der Waals surface area contributed by atoms with Crippen LogP contribution in [0.2, 0.25) is 0 Å². The summed E-state index contributed by atoms with van der Waals surface area (Å²) in [6, 6.07) is 12.6. The molecular formula is C21H24N2O6. The molecule has 154 valence electrons. The van der Waals surface area contributed by atoms with Gasteiger partial charge in [0.15, 0.2) is 6.61 Å². The fraction of sp³-hybridized carbons (Fsp3) is 0.333. The Hall–Kier alpha value is -3.42. The second-order valence-electron chi connectivity index (χ2n) is 6.18. The third kappa shape index (κ3) is 6.03. The summed E-state index contributed by atoms with van der Waals surface area (Å²) in [5.41, 5.74) is 0.0284. The van der Waals surface area contributed by atoms with Gasteiger partial charge in [-0.15, -0.1) is 0 Å². The lowest BCUT2D eigenvalue weighted by Gasteiger charge is -2.24. The molecule has 0 heterocycles. The number of hydrogen-bond donors (Lipinski definition) is 0. The van der Waals surface area contributed by atoms with Gasteiger partial charge in [-0.25, -0.2) is 4.79 Å². The Balaban J connectivity index is 2.37. The van der Waals surface area contributed by atoms with Gasteiger partial charge in [0.2, 0.25) is 0 Å². The maximum absolute atomic E-state index is 12.9. The standard InChI is InChI=1S/C21H24N2O6/c1-3-5-13-22(20(24)15-29-17-9-7-6-8-10-17)19-14-16(23(26)27)11-12-18(19)21(25)28-4-2/h6-12,14H,3-5,13,15H2,1-2H3. The van der Waals surface area contributed by atoms with E-state index in [0.29, 0.717) is 18.7 Å². The molecule has 0 saturated heterocycles. The summed E-state index contributed by atoms with van der Waals surface area (Å²) >= 11 is 0. The van der Waals surface area contributed by atoms with E-state index in [1.54, 1.807) is 31.2 Å². The number of rotatable bonds is 10. The Kier molecular flexibility index (Phi) is 8.14. The molecule has 0 aliphatic carbocycles. The van der Waals surface area contributed by atoms with E-state index in [1.807, 2.05) is 13.0 Å². The van der Waals surface area contributed by atoms with Crippen LogP contribution in [0.3, 0.4) is 0 Å². The first-order valence-corrected chi connectivity index (χ1v) is 9.41. The fourth-order valence-electron chi connectivity index (χ4n) is 2.67. The molecule has 29 heavy (non-hydrogen) atoms. The summed E-state index contributed by atoms with van der Waals surface area (Å²) in [7, 11) is 0. The quantitative estimate of drug-likeness (QED) is 0.340. The van der Waals surface area contributed by atoms with Gasteiger partial charge in [-0.05, 0) is 31.5 Å². The SMILES string of the molecule is CCCCN(C(=O)COc1ccccc1)c1cc([N+](=O)[O-])ccc1C(=O)OCC. The summed E-state index contributed by atoms with van der Waals surface area (Å²) in [5.74, 6) is -0.523. The van der Waals surface area contributed by atoms with Crippen molar-refractivity contribution >= 4 is 23.3 Å². The first-order valence-electron chi connectivity index (χ1n) is 9.41. The second-order valence-corrected chi connectivity index (χ2v) is 6.18. The van der Waals surface area contributed by atoms with Crippen molar-refractivity contribution in [3.63, 3.8) is 0 Å². The number of nitrogens with zero attached hydrogens (tertiary/aromatic N) is 2. The van der Waals surface area contributed by atoms with Crippen LogP contribution in [0.15, 0.2) is 48.5 Å². The van der Waals surface area contributed by atoms with Crippen molar-refractivity contribution in [2.24, 2.45) is 0 Å². The zero-order valence-electron chi connectivity index (χ0n) is 16.5. The average molecular weight is 400 g/mol. The highest BCUT2D eigenvalue weighted by molar-refractivity contribution is 6.03. The Labute approximate surface area is 169 Å². The van der Waals surface area contributed by atoms with Gasteiger partial charge >= 0.3 is 5.97 Å². The lowest BCUT2D eigenvalue weighted by Crippen LogP contribution is -2.37. The minimum Gasteiger partial charge on any atom is -0.484 e. The van der Waals surface area contributed by atoms with Crippen molar-refractivity contribution in [2.75, 3.05) is 24.7 Å². The minimum absolute atomic E-state index is 0.0987. The number of benzene rings is 2. The fourth-order valence-corrected chi connectivity index (χ4v) is 2.67. The highest BCUT2D eigenvalue weighted by atomic mass is 16.6. The zero-order chi connectivity index (χ0) is 21.2. The molecule has 1 amide bonds. The largest absolute Gasteiger partial charge is 0.484 e. The molecule has 0 fully saturated rings. The highest BCUT2D eigenvalue weighted by Gasteiger charge is 2.25. The molecule has 2 aromatic rings. The number of carbonyl (C=O) groups is 2. The van der Waals surface area contributed by atoms with Crippen molar-refractivity contribution in [1.82, 2.24) is 0 Å². The molecule has 0 aliphatic heterocycles. The van der Waals surface area contributed by atoms with E-state index in [-0.39, 0.29) is 30.2 Å². The molecule has 8 nitrogen and oxygen atoms in total. The van der Waals surface area contributed by atoms with Crippen molar-refractivity contribution < 1.29 is 24.0 Å². The first kappa shape index (κ1) is 21.9. The molecule has 0 bridgehead atoms. The van der Waals surface area contributed by atoms with Gasteiger partial charge in [0.05, 0.1) is 22.8 Å². The lowest BCUT2D eigenvalue weighted by molar-refractivity contribution is -0.384. The maximum atomic E-state index is 12.9. The van der Waals surface area contributed by atoms with Crippen LogP contribution in [0.4, 0.5) is 11.4 Å². The summed E-state index contributed by atoms with van der Waals surface area (Å²) in [4.78, 5) is 37.3. The molecular weight excluding hydrogens is 376 g/mol. The number of hydrogen-bond acceptors (Lipinski definition) is 6. The van der Waals surface area contributed by atoms with Crippen LogP contribution in [0.25, 0.3) is 0 Å². The Morgan fingerprint density at radius 2 is 1.83 bits per heavy atom. The van der Waals surface area contributed by atoms with Crippen LogP contribution >= 0.6 is 0 Å². The number of para-hydroxylation sites is 1. The van der Waals surface area contributed by atoms with Crippen LogP contribution in [0.5, 0.6) is 5.75 Å². The van der Waals surface area contributed by atoms with Gasteiger partial charge in [-0.3, -0.25) is 14.9 Å². The van der Waals surface area contributed by atoms with Crippen molar-refractivity contribution in [1.29, 1.82) is 0 Å². The predicted molar refractivity (Wildman–Crippen MR) is 108 cm³/mol. The van der Waals surface area contributed by atoms with Crippen molar-refractivity contribution in [3.8, 4) is 5.75 Å². The van der Waals surface area contributed by atoms with Gasteiger partial charge in [-0.2, -0.15) is 0 Å². The monoisotopic (exact) mass is 400 g/mol. The number of amides is 1. The van der Waals surface area contributed by atoms with Gasteiger partial charge in [0.25, 0.3) is 11.6 Å². The molecule has 0 radical (unpaired) electrons. The lowest BCUT2D eigenvalue weighted by atomic mass is 10.1. The van der Waals surface area contributed by atoms with Gasteiger partial charge in [0, 0.05) is 18.7 Å². The molecule has 0 aromatic heterocycles. The third-order valence-electron chi connectivity index (χ3n) is 4.12. The molecule has 0 N–H and O–H groups in total. The summed E-state index contributed by atoms with van der Waals surface area (Å²) in [6.45, 7) is 3.80. The number of esters is 1. The highest BCUT2D eigenvalue weighted by Crippen LogP contribution is 2.28. The molecule has 0 atom stereocenters. The number of ether oxygens (including phenoxy) is 2. The third-order valence-corrected chi connectivity index (χ3v) is 4.12. The average Bonchev–Trinajstić information content (AvgIpc) is 2.73. The molecule has 2 rings (SSSR count). The summed E-state index contributed by atoms with van der Waals surface area (Å²) in [6.07, 6.45) is 1.45. The van der Waals surface area contributed by atoms with E-state index in [1.165, 1.54) is 23.1 Å². The van der Waals surface area contributed by atoms with Gasteiger partial charge in [0.1, 0.15) is 5.75 Å². The maximum Gasteiger partial charge on any atom is 0.340 e. The zero-order valence-corrected chi connectivity index (χ0v) is 16.5. The number of nitro groups is 1. The minimum atomic E-state index is -0.643.